The van der Waals surface area contributed by atoms with Crippen molar-refractivity contribution < 1.29 is 9.21 Å². The molecule has 1 amide bonds. The van der Waals surface area contributed by atoms with Crippen molar-refractivity contribution in [2.45, 2.75) is 20.4 Å². The second kappa shape index (κ2) is 5.50. The Morgan fingerprint density at radius 2 is 2.24 bits per heavy atom. The van der Waals surface area contributed by atoms with Crippen molar-refractivity contribution in [3.05, 3.63) is 51.7 Å². The fourth-order valence-corrected chi connectivity index (χ4v) is 3.54. The van der Waals surface area contributed by atoms with Gasteiger partial charge in [-0.25, -0.2) is 0 Å². The van der Waals surface area contributed by atoms with Gasteiger partial charge in [-0.15, -0.1) is 0 Å². The van der Waals surface area contributed by atoms with Crippen molar-refractivity contribution in [2.24, 2.45) is 4.99 Å². The molecule has 0 aliphatic rings. The summed E-state index contributed by atoms with van der Waals surface area (Å²) in [5, 5.41) is 0.714. The lowest BCUT2D eigenvalue weighted by atomic mass is 10.2. The Balaban J connectivity index is 2.24. The van der Waals surface area contributed by atoms with Gasteiger partial charge in [0.25, 0.3) is 0 Å². The summed E-state index contributed by atoms with van der Waals surface area (Å²) in [6.07, 6.45) is 1.46. The molecule has 0 fully saturated rings. The fraction of sp³-hybridized carbons (Fsp3) is 0.200. The summed E-state index contributed by atoms with van der Waals surface area (Å²) in [4.78, 5) is 16.9. The lowest BCUT2D eigenvalue weighted by molar-refractivity contribution is 0.0971. The van der Waals surface area contributed by atoms with E-state index in [1.165, 1.54) is 17.6 Å². The number of rotatable bonds is 2. The van der Waals surface area contributed by atoms with Crippen LogP contribution in [0.4, 0.5) is 0 Å². The van der Waals surface area contributed by atoms with Gasteiger partial charge in [0.1, 0.15) is 0 Å². The average Bonchev–Trinajstić information content (AvgIpc) is 3.10. The smallest absolute Gasteiger partial charge is 0.315 e. The zero-order valence-corrected chi connectivity index (χ0v) is 13.2. The van der Waals surface area contributed by atoms with E-state index in [-0.39, 0.29) is 11.7 Å². The molecule has 4 nitrogen and oxygen atoms in total. The molecule has 0 saturated carbocycles. The van der Waals surface area contributed by atoms with E-state index in [0.29, 0.717) is 16.4 Å². The van der Waals surface area contributed by atoms with E-state index in [4.69, 9.17) is 16.0 Å². The summed E-state index contributed by atoms with van der Waals surface area (Å²) < 4.78 is 8.15. The number of thiazole rings is 1. The minimum atomic E-state index is -0.377. The predicted octanol–water partition coefficient (Wildman–Crippen LogP) is 4.02. The van der Waals surface area contributed by atoms with Crippen LogP contribution in [0.1, 0.15) is 23.0 Å². The minimum absolute atomic E-state index is 0.241. The maximum absolute atomic E-state index is 12.1. The van der Waals surface area contributed by atoms with Crippen molar-refractivity contribution >= 4 is 39.1 Å². The van der Waals surface area contributed by atoms with E-state index >= 15 is 0 Å². The first-order valence-corrected chi connectivity index (χ1v) is 7.72. The number of halogens is 1. The lowest BCUT2D eigenvalue weighted by Crippen LogP contribution is -2.16. The highest BCUT2D eigenvalue weighted by molar-refractivity contribution is 7.16. The Morgan fingerprint density at radius 3 is 2.90 bits per heavy atom. The summed E-state index contributed by atoms with van der Waals surface area (Å²) in [5.41, 5.74) is 2.03. The fourth-order valence-electron chi connectivity index (χ4n) is 2.24. The van der Waals surface area contributed by atoms with Crippen LogP contribution in [-0.4, -0.2) is 10.5 Å². The van der Waals surface area contributed by atoms with Crippen LogP contribution in [0, 0.1) is 6.92 Å². The molecule has 6 heteroatoms. The summed E-state index contributed by atoms with van der Waals surface area (Å²) in [5.74, 6) is -0.137. The molecule has 0 N–H and O–H groups in total. The molecular formula is C15H13ClN2O2S. The molecule has 0 aliphatic carbocycles. The normalized spacial score (nSPS) is 12.2. The summed E-state index contributed by atoms with van der Waals surface area (Å²) in [6.45, 7) is 4.70. The second-order valence-electron chi connectivity index (χ2n) is 4.54. The zero-order chi connectivity index (χ0) is 15.0. The number of hydrogen-bond acceptors (Lipinski definition) is 3. The Labute approximate surface area is 130 Å². The van der Waals surface area contributed by atoms with Crippen LogP contribution in [0.25, 0.3) is 10.2 Å². The SMILES string of the molecule is CCn1c(=NC(=O)c2ccco2)sc2ccc(Cl)c(C)c21. The maximum Gasteiger partial charge on any atom is 0.315 e. The summed E-state index contributed by atoms with van der Waals surface area (Å²) >= 11 is 7.66. The lowest BCUT2D eigenvalue weighted by Gasteiger charge is -2.04. The number of furan rings is 1. The maximum atomic E-state index is 12.1. The predicted molar refractivity (Wildman–Crippen MR) is 83.8 cm³/mol. The minimum Gasteiger partial charge on any atom is -0.459 e. The van der Waals surface area contributed by atoms with Gasteiger partial charge >= 0.3 is 5.91 Å². The molecule has 3 aromatic rings. The largest absolute Gasteiger partial charge is 0.459 e. The molecule has 0 bridgehead atoms. The molecule has 0 radical (unpaired) electrons. The van der Waals surface area contributed by atoms with E-state index in [1.807, 2.05) is 30.5 Å². The molecule has 0 unspecified atom stereocenters. The van der Waals surface area contributed by atoms with Gasteiger partial charge in [-0.3, -0.25) is 4.79 Å². The highest BCUT2D eigenvalue weighted by Crippen LogP contribution is 2.27. The third-order valence-corrected chi connectivity index (χ3v) is 4.73. The van der Waals surface area contributed by atoms with Gasteiger partial charge in [0.2, 0.25) is 0 Å². The number of nitrogens with zero attached hydrogens (tertiary/aromatic N) is 2. The van der Waals surface area contributed by atoms with Gasteiger partial charge in [-0.2, -0.15) is 4.99 Å². The molecule has 0 spiro atoms. The molecule has 21 heavy (non-hydrogen) atoms. The first-order chi connectivity index (χ1) is 10.1. The number of aryl methyl sites for hydroxylation is 2. The third kappa shape index (κ3) is 2.43. The molecule has 2 heterocycles. The van der Waals surface area contributed by atoms with Crippen LogP contribution < -0.4 is 4.80 Å². The number of benzene rings is 1. The summed E-state index contributed by atoms with van der Waals surface area (Å²) in [7, 11) is 0. The van der Waals surface area contributed by atoms with Gasteiger partial charge in [0.15, 0.2) is 10.6 Å². The number of carbonyl (C=O) groups is 1. The van der Waals surface area contributed by atoms with E-state index in [9.17, 15) is 4.79 Å². The number of aromatic nitrogens is 1. The number of carbonyl (C=O) groups excluding carboxylic acids is 1. The topological polar surface area (TPSA) is 47.5 Å². The van der Waals surface area contributed by atoms with Crippen molar-refractivity contribution in [3.8, 4) is 0 Å². The van der Waals surface area contributed by atoms with Crippen molar-refractivity contribution in [1.29, 1.82) is 0 Å². The molecule has 0 atom stereocenters. The average molecular weight is 321 g/mol. The standard InChI is InChI=1S/C15H13ClN2O2S/c1-3-18-13-9(2)10(16)6-7-12(13)21-15(18)17-14(19)11-5-4-8-20-11/h4-8H,3H2,1-2H3. The highest BCUT2D eigenvalue weighted by Gasteiger charge is 2.12. The highest BCUT2D eigenvalue weighted by atomic mass is 35.5. The molecule has 108 valence electrons. The van der Waals surface area contributed by atoms with Gasteiger partial charge in [-0.05, 0) is 43.7 Å². The van der Waals surface area contributed by atoms with Crippen LogP contribution in [0.15, 0.2) is 39.9 Å². The van der Waals surface area contributed by atoms with E-state index in [1.54, 1.807) is 12.1 Å². The first-order valence-electron chi connectivity index (χ1n) is 6.52. The molecule has 0 aliphatic heterocycles. The molecule has 3 rings (SSSR count). The Bertz CT molecular complexity index is 875. The second-order valence-corrected chi connectivity index (χ2v) is 5.96. The van der Waals surface area contributed by atoms with E-state index in [2.05, 4.69) is 4.99 Å². The zero-order valence-electron chi connectivity index (χ0n) is 11.6. The van der Waals surface area contributed by atoms with Crippen molar-refractivity contribution in [3.63, 3.8) is 0 Å². The van der Waals surface area contributed by atoms with Crippen LogP contribution in [-0.2, 0) is 6.54 Å². The van der Waals surface area contributed by atoms with Crippen molar-refractivity contribution in [2.75, 3.05) is 0 Å². The number of fused-ring (bicyclic) bond motifs is 1. The number of amides is 1. The molecule has 0 saturated heterocycles. The summed E-state index contributed by atoms with van der Waals surface area (Å²) in [6, 6.07) is 7.11. The van der Waals surface area contributed by atoms with Crippen LogP contribution in [0.5, 0.6) is 0 Å². The Kier molecular flexibility index (Phi) is 3.69. The third-order valence-electron chi connectivity index (χ3n) is 3.28. The van der Waals surface area contributed by atoms with Gasteiger partial charge < -0.3 is 8.98 Å². The van der Waals surface area contributed by atoms with Crippen LogP contribution >= 0.6 is 22.9 Å². The van der Waals surface area contributed by atoms with Gasteiger partial charge in [0.05, 0.1) is 16.5 Å². The first kappa shape index (κ1) is 14.1. The number of hydrogen-bond donors (Lipinski definition) is 0. The van der Waals surface area contributed by atoms with Gasteiger partial charge in [0, 0.05) is 11.6 Å². The van der Waals surface area contributed by atoms with E-state index < -0.39 is 0 Å². The van der Waals surface area contributed by atoms with Crippen LogP contribution in [0.2, 0.25) is 5.02 Å². The van der Waals surface area contributed by atoms with Crippen molar-refractivity contribution in [1.82, 2.24) is 4.57 Å². The van der Waals surface area contributed by atoms with E-state index in [0.717, 1.165) is 15.8 Å². The Hall–Kier alpha value is -1.85. The van der Waals surface area contributed by atoms with Gasteiger partial charge in [-0.1, -0.05) is 22.9 Å². The molecule has 2 aromatic heterocycles. The quantitative estimate of drug-likeness (QED) is 0.716. The Morgan fingerprint density at radius 1 is 1.43 bits per heavy atom. The monoisotopic (exact) mass is 320 g/mol. The molecular weight excluding hydrogens is 308 g/mol. The van der Waals surface area contributed by atoms with Crippen LogP contribution in [0.3, 0.4) is 0 Å². The molecule has 1 aromatic carbocycles.